The van der Waals surface area contributed by atoms with Gasteiger partial charge in [-0.15, -0.1) is 0 Å². The van der Waals surface area contributed by atoms with Gasteiger partial charge in [0.25, 0.3) is 0 Å². The van der Waals surface area contributed by atoms with E-state index in [2.05, 4.69) is 31.3 Å². The molecule has 6 heteroatoms. The summed E-state index contributed by atoms with van der Waals surface area (Å²) in [6.45, 7) is 0. The second kappa shape index (κ2) is 6.90. The van der Waals surface area contributed by atoms with Gasteiger partial charge in [-0.1, -0.05) is 28.1 Å². The van der Waals surface area contributed by atoms with Crippen LogP contribution in [0.15, 0.2) is 53.0 Å². The molecule has 108 valence electrons. The highest BCUT2D eigenvalue weighted by atomic mass is 79.9. The fourth-order valence-electron chi connectivity index (χ4n) is 1.70. The molecule has 0 aliphatic carbocycles. The molecule has 0 atom stereocenters. The maximum Gasteiger partial charge on any atom is 0.339 e. The minimum Gasteiger partial charge on any atom is -0.465 e. The normalized spacial score (nSPS) is 9.81. The second-order valence-electron chi connectivity index (χ2n) is 4.12. The van der Waals surface area contributed by atoms with Gasteiger partial charge in [-0.2, -0.15) is 0 Å². The Morgan fingerprint density at radius 1 is 1.00 bits per heavy atom. The van der Waals surface area contributed by atoms with Crippen molar-refractivity contribution in [3.63, 3.8) is 0 Å². The fourth-order valence-corrected chi connectivity index (χ4v) is 1.96. The van der Waals surface area contributed by atoms with Gasteiger partial charge in [-0.05, 0) is 36.4 Å². The molecule has 0 spiro atoms. The minimum absolute atomic E-state index is 0.297. The molecule has 2 rings (SSSR count). The minimum atomic E-state index is -0.505. The van der Waals surface area contributed by atoms with Crippen LogP contribution >= 0.6 is 15.9 Å². The summed E-state index contributed by atoms with van der Waals surface area (Å²) in [4.78, 5) is 23.6. The number of carbonyl (C=O) groups excluding carboxylic acids is 2. The van der Waals surface area contributed by atoms with Gasteiger partial charge in [-0.3, -0.25) is 0 Å². The third kappa shape index (κ3) is 4.06. The van der Waals surface area contributed by atoms with Crippen molar-refractivity contribution in [3.8, 4) is 0 Å². The molecule has 0 radical (unpaired) electrons. The van der Waals surface area contributed by atoms with Crippen LogP contribution in [0.25, 0.3) is 0 Å². The van der Waals surface area contributed by atoms with Crippen LogP contribution in [0.3, 0.4) is 0 Å². The lowest BCUT2D eigenvalue weighted by Crippen LogP contribution is -2.21. The summed E-state index contributed by atoms with van der Waals surface area (Å²) in [6.07, 6.45) is 0. The summed E-state index contributed by atoms with van der Waals surface area (Å²) in [7, 11) is 1.29. The molecule has 5 nitrogen and oxygen atoms in total. The number of carbonyl (C=O) groups is 2. The largest absolute Gasteiger partial charge is 0.465 e. The Morgan fingerprint density at radius 3 is 2.33 bits per heavy atom. The molecule has 0 aliphatic rings. The molecule has 0 heterocycles. The zero-order valence-electron chi connectivity index (χ0n) is 11.2. The van der Waals surface area contributed by atoms with Gasteiger partial charge < -0.3 is 15.4 Å². The zero-order chi connectivity index (χ0) is 15.2. The lowest BCUT2D eigenvalue weighted by molar-refractivity contribution is 0.0602. The molecular formula is C15H13BrN2O3. The smallest absolute Gasteiger partial charge is 0.339 e. The highest BCUT2D eigenvalue weighted by Crippen LogP contribution is 2.17. The first-order chi connectivity index (χ1) is 10.1. The number of para-hydroxylation sites is 1. The Kier molecular flexibility index (Phi) is 4.94. The van der Waals surface area contributed by atoms with Gasteiger partial charge in [-0.25, -0.2) is 9.59 Å². The summed E-state index contributed by atoms with van der Waals surface area (Å²) in [5, 5.41) is 5.31. The Balaban J connectivity index is 2.09. The van der Waals surface area contributed by atoms with Gasteiger partial charge in [0.05, 0.1) is 18.4 Å². The van der Waals surface area contributed by atoms with E-state index in [1.165, 1.54) is 7.11 Å². The first-order valence-electron chi connectivity index (χ1n) is 6.11. The standard InChI is InChI=1S/C15H13BrN2O3/c1-21-14(19)12-4-2-3-5-13(12)18-15(20)17-11-8-6-10(16)7-9-11/h2-9H,1H3,(H2,17,18,20). The number of urea groups is 1. The van der Waals surface area contributed by atoms with E-state index < -0.39 is 12.0 Å². The van der Waals surface area contributed by atoms with Crippen LogP contribution < -0.4 is 10.6 Å². The number of anilines is 2. The highest BCUT2D eigenvalue weighted by Gasteiger charge is 2.13. The molecule has 0 unspecified atom stereocenters. The molecule has 2 amide bonds. The summed E-state index contributed by atoms with van der Waals surface area (Å²) < 4.78 is 5.59. The van der Waals surface area contributed by atoms with Crippen molar-refractivity contribution in [1.29, 1.82) is 0 Å². The van der Waals surface area contributed by atoms with Gasteiger partial charge in [0, 0.05) is 10.2 Å². The Hall–Kier alpha value is -2.34. The molecule has 2 aromatic carbocycles. The van der Waals surface area contributed by atoms with E-state index in [4.69, 9.17) is 0 Å². The number of methoxy groups -OCH3 is 1. The molecule has 0 saturated heterocycles. The third-order valence-corrected chi connectivity index (χ3v) is 3.21. The van der Waals surface area contributed by atoms with Crippen molar-refractivity contribution in [2.45, 2.75) is 0 Å². The van der Waals surface area contributed by atoms with Crippen LogP contribution in [0.1, 0.15) is 10.4 Å². The first kappa shape index (κ1) is 15.1. The Bertz CT molecular complexity index is 656. The van der Waals surface area contributed by atoms with Gasteiger partial charge in [0.1, 0.15) is 0 Å². The summed E-state index contributed by atoms with van der Waals surface area (Å²) >= 11 is 3.32. The lowest BCUT2D eigenvalue weighted by Gasteiger charge is -2.10. The van der Waals surface area contributed by atoms with Gasteiger partial charge >= 0.3 is 12.0 Å². The number of rotatable bonds is 3. The molecule has 21 heavy (non-hydrogen) atoms. The summed E-state index contributed by atoms with van der Waals surface area (Å²) in [5.41, 5.74) is 1.33. The number of benzene rings is 2. The van der Waals surface area contributed by atoms with E-state index >= 15 is 0 Å². The maximum absolute atomic E-state index is 11.9. The SMILES string of the molecule is COC(=O)c1ccccc1NC(=O)Nc1ccc(Br)cc1. The fraction of sp³-hybridized carbons (Fsp3) is 0.0667. The van der Waals surface area contributed by atoms with Crippen molar-refractivity contribution >= 4 is 39.3 Å². The Labute approximate surface area is 130 Å². The van der Waals surface area contributed by atoms with Crippen LogP contribution in [-0.4, -0.2) is 19.1 Å². The maximum atomic E-state index is 11.9. The summed E-state index contributed by atoms with van der Waals surface area (Å²) in [6, 6.07) is 13.4. The molecule has 0 aliphatic heterocycles. The zero-order valence-corrected chi connectivity index (χ0v) is 12.8. The third-order valence-electron chi connectivity index (χ3n) is 2.68. The van der Waals surface area contributed by atoms with E-state index in [-0.39, 0.29) is 0 Å². The van der Waals surface area contributed by atoms with Gasteiger partial charge in [0.2, 0.25) is 0 Å². The monoisotopic (exact) mass is 348 g/mol. The average molecular weight is 349 g/mol. The van der Waals surface area contributed by atoms with Crippen LogP contribution in [-0.2, 0) is 4.74 Å². The van der Waals surface area contributed by atoms with Crippen molar-refractivity contribution in [3.05, 3.63) is 58.6 Å². The van der Waals surface area contributed by atoms with Gasteiger partial charge in [0.15, 0.2) is 0 Å². The average Bonchev–Trinajstić information content (AvgIpc) is 2.49. The Morgan fingerprint density at radius 2 is 1.67 bits per heavy atom. The van der Waals surface area contributed by atoms with Crippen LogP contribution in [0.4, 0.5) is 16.2 Å². The molecule has 2 N–H and O–H groups in total. The molecule has 0 fully saturated rings. The van der Waals surface area contributed by atoms with E-state index in [1.54, 1.807) is 36.4 Å². The number of hydrogen-bond acceptors (Lipinski definition) is 3. The quantitative estimate of drug-likeness (QED) is 0.827. The number of nitrogens with one attached hydrogen (secondary N) is 2. The molecular weight excluding hydrogens is 336 g/mol. The van der Waals surface area contributed by atoms with Crippen molar-refractivity contribution in [2.75, 3.05) is 17.7 Å². The lowest BCUT2D eigenvalue weighted by atomic mass is 10.2. The molecule has 2 aromatic rings. The molecule has 0 bridgehead atoms. The van der Waals surface area contributed by atoms with Crippen LogP contribution in [0.5, 0.6) is 0 Å². The first-order valence-corrected chi connectivity index (χ1v) is 6.90. The molecule has 0 saturated carbocycles. The van der Waals surface area contributed by atoms with E-state index in [9.17, 15) is 9.59 Å². The van der Waals surface area contributed by atoms with E-state index in [1.807, 2.05) is 12.1 Å². The van der Waals surface area contributed by atoms with Crippen LogP contribution in [0.2, 0.25) is 0 Å². The number of hydrogen-bond donors (Lipinski definition) is 2. The van der Waals surface area contributed by atoms with Crippen molar-refractivity contribution in [1.82, 2.24) is 0 Å². The van der Waals surface area contributed by atoms with Crippen molar-refractivity contribution in [2.24, 2.45) is 0 Å². The predicted octanol–water partition coefficient (Wildman–Crippen LogP) is 3.88. The van der Waals surface area contributed by atoms with Crippen LogP contribution in [0, 0.1) is 0 Å². The topological polar surface area (TPSA) is 67.4 Å². The summed E-state index contributed by atoms with van der Waals surface area (Å²) in [5.74, 6) is -0.505. The number of ether oxygens (including phenoxy) is 1. The predicted molar refractivity (Wildman–Crippen MR) is 84.6 cm³/mol. The molecule has 0 aromatic heterocycles. The van der Waals surface area contributed by atoms with E-state index in [0.717, 1.165) is 4.47 Å². The number of halogens is 1. The van der Waals surface area contributed by atoms with E-state index in [0.29, 0.717) is 16.9 Å². The van der Waals surface area contributed by atoms with Crippen molar-refractivity contribution < 1.29 is 14.3 Å². The number of esters is 1. The highest BCUT2D eigenvalue weighted by molar-refractivity contribution is 9.10. The second-order valence-corrected chi connectivity index (χ2v) is 5.04. The number of amides is 2.